The number of fused-ring (bicyclic) bond motifs is 5. The van der Waals surface area contributed by atoms with Crippen LogP contribution in [0.4, 0.5) is 0 Å². The first-order valence-corrected chi connectivity index (χ1v) is 35.7. The lowest BCUT2D eigenvalue weighted by Crippen LogP contribution is -2.35. The Kier molecular flexibility index (Phi) is 37.1. The van der Waals surface area contributed by atoms with Crippen molar-refractivity contribution in [3.63, 3.8) is 0 Å². The van der Waals surface area contributed by atoms with Crippen LogP contribution in [0.3, 0.4) is 0 Å². The van der Waals surface area contributed by atoms with Crippen molar-refractivity contribution in [2.45, 2.75) is 352 Å². The topological polar surface area (TPSA) is 92.2 Å². The van der Waals surface area contributed by atoms with Gasteiger partial charge in [0.25, 0.3) is 11.8 Å². The highest BCUT2D eigenvalue weighted by molar-refractivity contribution is 6.29. The molecule has 0 spiro atoms. The van der Waals surface area contributed by atoms with Crippen LogP contribution in [0.1, 0.15) is 367 Å². The van der Waals surface area contributed by atoms with E-state index in [2.05, 4.69) is 79.0 Å². The van der Waals surface area contributed by atoms with Crippen molar-refractivity contribution in [1.29, 1.82) is 0 Å². The smallest absolute Gasteiger partial charge is 0.254 e. The second kappa shape index (κ2) is 43.0. The van der Waals surface area contributed by atoms with Crippen molar-refractivity contribution in [2.75, 3.05) is 26.2 Å². The monoisotopic (exact) mass is 1130 g/mol. The van der Waals surface area contributed by atoms with E-state index in [-0.39, 0.29) is 11.8 Å². The maximum atomic E-state index is 16.4. The Morgan fingerprint density at radius 1 is 0.268 bits per heavy atom. The first-order chi connectivity index (χ1) is 40.2. The highest BCUT2D eigenvalue weighted by Crippen LogP contribution is 2.42. The molecule has 82 heavy (non-hydrogen) atoms. The van der Waals surface area contributed by atoms with Crippen molar-refractivity contribution < 1.29 is 9.59 Å². The highest BCUT2D eigenvalue weighted by atomic mass is 16.2. The van der Waals surface area contributed by atoms with Crippen molar-refractivity contribution in [1.82, 2.24) is 29.7 Å². The Labute approximate surface area is 504 Å². The van der Waals surface area contributed by atoms with Gasteiger partial charge in [0.2, 0.25) is 0 Å². The lowest BCUT2D eigenvalue weighted by molar-refractivity contribution is 0.0741. The zero-order valence-electron chi connectivity index (χ0n) is 55.4. The number of hydrogen-bond acceptors (Lipinski definition) is 6. The van der Waals surface area contributed by atoms with Gasteiger partial charge >= 0.3 is 0 Å². The van der Waals surface area contributed by atoms with E-state index in [1.54, 1.807) is 0 Å². The van der Waals surface area contributed by atoms with Crippen LogP contribution in [0.5, 0.6) is 0 Å². The van der Waals surface area contributed by atoms with Crippen LogP contribution < -0.4 is 0 Å². The van der Waals surface area contributed by atoms with Crippen molar-refractivity contribution in [3.05, 3.63) is 45.0 Å². The van der Waals surface area contributed by atoms with Gasteiger partial charge in [-0.3, -0.25) is 9.59 Å². The van der Waals surface area contributed by atoms with E-state index in [0.717, 1.165) is 221 Å². The standard InChI is InChI=1S/C74H126N6O2/c1-11-19-27-35-39-43-51-61-63(53-45-41-37-29-21-13-3)77-71-67-66(74(82)80(57-49-33-25-17-7)58-50-34-26-18-8)60(10)70-72(78-64(54-46-42-38-30-22-14-4)62(76-70)52-44-40-36-28-20-12-2)68(67)65(59(9)69(71)75-61)73(81)79(55-47-31-23-15-5)56-48-32-24-16-6/h11-58H2,1-10H3. The molecule has 2 amide bonds. The molecule has 0 aliphatic rings. The maximum Gasteiger partial charge on any atom is 0.254 e. The van der Waals surface area contributed by atoms with E-state index in [1.165, 1.54) is 128 Å². The van der Waals surface area contributed by atoms with Gasteiger partial charge in [-0.05, 0) is 102 Å². The summed E-state index contributed by atoms with van der Waals surface area (Å²) in [6, 6.07) is 0. The van der Waals surface area contributed by atoms with Crippen LogP contribution in [-0.4, -0.2) is 67.7 Å². The SMILES string of the molecule is CCCCCCCCc1nc2c(C)c(C(=O)N(CCCCCC)CCCCCC)c3c4nc(CCCCCCCC)c(CCCCCCCC)nc4c(C)c(C(=O)N(CCCCCC)CCCCCC)c3c2nc1CCCCCCCC. The van der Waals surface area contributed by atoms with E-state index in [1.807, 2.05) is 0 Å². The molecule has 0 saturated heterocycles. The van der Waals surface area contributed by atoms with Gasteiger partial charge in [-0.15, -0.1) is 0 Å². The molecular formula is C74H126N6O2. The normalized spacial score (nSPS) is 11.8. The summed E-state index contributed by atoms with van der Waals surface area (Å²) >= 11 is 0. The molecule has 2 heterocycles. The summed E-state index contributed by atoms with van der Waals surface area (Å²) in [5.74, 6) is 0.116. The number of hydrogen-bond donors (Lipinski definition) is 0. The van der Waals surface area contributed by atoms with Gasteiger partial charge in [0.15, 0.2) is 0 Å². The molecule has 8 nitrogen and oxygen atoms in total. The minimum atomic E-state index is 0.0581. The average Bonchev–Trinajstić information content (AvgIpc) is 1.02. The third kappa shape index (κ3) is 23.3. The molecule has 4 rings (SSSR count). The minimum absolute atomic E-state index is 0.0581. The summed E-state index contributed by atoms with van der Waals surface area (Å²) in [6.07, 6.45) is 50.1. The van der Waals surface area contributed by atoms with E-state index >= 15 is 9.59 Å². The average molecular weight is 1130 g/mol. The zero-order chi connectivity index (χ0) is 59.2. The molecule has 0 bridgehead atoms. The number of amides is 2. The predicted octanol–water partition coefficient (Wildman–Crippen LogP) is 22.2. The molecule has 0 aliphatic carbocycles. The number of aryl methyl sites for hydroxylation is 6. The first-order valence-electron chi connectivity index (χ1n) is 35.7. The molecule has 464 valence electrons. The molecule has 8 heteroatoms. The Bertz CT molecular complexity index is 2200. The fraction of sp³-hybridized carbons (Fsp3) is 0.784. The fourth-order valence-corrected chi connectivity index (χ4v) is 12.7. The lowest BCUT2D eigenvalue weighted by atomic mass is 9.88. The molecule has 4 aromatic rings. The number of carbonyl (C=O) groups excluding carboxylic acids is 2. The summed E-state index contributed by atoms with van der Waals surface area (Å²) < 4.78 is 0. The van der Waals surface area contributed by atoms with Crippen LogP contribution in [0.25, 0.3) is 32.8 Å². The fourth-order valence-electron chi connectivity index (χ4n) is 12.7. The molecule has 0 unspecified atom stereocenters. The Morgan fingerprint density at radius 3 is 0.695 bits per heavy atom. The Morgan fingerprint density at radius 2 is 0.463 bits per heavy atom. The van der Waals surface area contributed by atoms with Crippen LogP contribution >= 0.6 is 0 Å². The van der Waals surface area contributed by atoms with E-state index < -0.39 is 0 Å². The van der Waals surface area contributed by atoms with Crippen LogP contribution in [0, 0.1) is 13.8 Å². The summed E-state index contributed by atoms with van der Waals surface area (Å²) in [5.41, 5.74) is 10.6. The van der Waals surface area contributed by atoms with Gasteiger partial charge in [0.05, 0.1) is 56.0 Å². The number of unbranched alkanes of at least 4 members (excludes halogenated alkanes) is 32. The first kappa shape index (κ1) is 70.8. The summed E-state index contributed by atoms with van der Waals surface area (Å²) in [7, 11) is 0. The summed E-state index contributed by atoms with van der Waals surface area (Å²) in [5, 5.41) is 1.60. The second-order valence-corrected chi connectivity index (χ2v) is 25.3. The van der Waals surface area contributed by atoms with Crippen molar-refractivity contribution >= 4 is 44.7 Å². The molecular weight excluding hydrogens is 1000 g/mol. The Balaban J connectivity index is 2.26. The largest absolute Gasteiger partial charge is 0.339 e. The number of carbonyl (C=O) groups is 2. The zero-order valence-corrected chi connectivity index (χ0v) is 55.4. The molecule has 2 aromatic heterocycles. The molecule has 0 saturated carbocycles. The van der Waals surface area contributed by atoms with Gasteiger partial charge in [-0.1, -0.05) is 261 Å². The van der Waals surface area contributed by atoms with Crippen LogP contribution in [-0.2, 0) is 25.7 Å². The molecule has 2 aromatic carbocycles. The number of benzene rings is 2. The van der Waals surface area contributed by atoms with Crippen molar-refractivity contribution in [3.8, 4) is 0 Å². The number of rotatable bonds is 50. The van der Waals surface area contributed by atoms with Gasteiger partial charge in [0.1, 0.15) is 0 Å². The highest BCUT2D eigenvalue weighted by Gasteiger charge is 2.33. The molecule has 0 aliphatic heterocycles. The third-order valence-corrected chi connectivity index (χ3v) is 18.0. The quantitative estimate of drug-likeness (QED) is 0.0323. The van der Waals surface area contributed by atoms with Gasteiger partial charge in [0, 0.05) is 37.0 Å². The second-order valence-electron chi connectivity index (χ2n) is 25.3. The minimum Gasteiger partial charge on any atom is -0.339 e. The summed E-state index contributed by atoms with van der Waals surface area (Å²) in [4.78, 5) is 60.7. The van der Waals surface area contributed by atoms with E-state index in [0.29, 0.717) is 37.3 Å². The van der Waals surface area contributed by atoms with E-state index in [9.17, 15) is 0 Å². The predicted molar refractivity (Wildman–Crippen MR) is 356 cm³/mol. The van der Waals surface area contributed by atoms with Gasteiger partial charge < -0.3 is 9.80 Å². The molecule has 0 atom stereocenters. The number of nitrogens with zero attached hydrogens (tertiary/aromatic N) is 6. The molecule has 0 N–H and O–H groups in total. The van der Waals surface area contributed by atoms with Crippen LogP contribution in [0.15, 0.2) is 0 Å². The lowest BCUT2D eigenvalue weighted by Gasteiger charge is -2.28. The van der Waals surface area contributed by atoms with E-state index in [4.69, 9.17) is 19.9 Å². The number of aromatic nitrogens is 4. The van der Waals surface area contributed by atoms with Crippen molar-refractivity contribution in [2.24, 2.45) is 0 Å². The molecule has 0 radical (unpaired) electrons. The Hall–Kier alpha value is -3.68. The van der Waals surface area contributed by atoms with Gasteiger partial charge in [-0.2, -0.15) is 0 Å². The van der Waals surface area contributed by atoms with Crippen LogP contribution in [0.2, 0.25) is 0 Å². The third-order valence-electron chi connectivity index (χ3n) is 18.0. The van der Waals surface area contributed by atoms with Gasteiger partial charge in [-0.25, -0.2) is 19.9 Å². The molecule has 0 fully saturated rings. The maximum absolute atomic E-state index is 16.4. The summed E-state index contributed by atoms with van der Waals surface area (Å²) in [6.45, 7) is 25.4.